The SMILES string of the molecule is CC[C@@H](NC(=O)N1CCCSCC1)C(=O)O. The number of aliphatic carboxylic acids is 1. The minimum atomic E-state index is -0.972. The smallest absolute Gasteiger partial charge is 0.326 e. The van der Waals surface area contributed by atoms with Gasteiger partial charge >= 0.3 is 12.0 Å². The van der Waals surface area contributed by atoms with Crippen LogP contribution in [0.2, 0.25) is 0 Å². The molecule has 1 aliphatic rings. The van der Waals surface area contributed by atoms with Crippen LogP contribution in [0, 0.1) is 0 Å². The van der Waals surface area contributed by atoms with Crippen LogP contribution in [0.1, 0.15) is 19.8 Å². The third kappa shape index (κ3) is 3.92. The Morgan fingerprint density at radius 2 is 2.19 bits per heavy atom. The summed E-state index contributed by atoms with van der Waals surface area (Å²) in [6.07, 6.45) is 1.38. The van der Waals surface area contributed by atoms with Crippen LogP contribution < -0.4 is 5.32 Å². The van der Waals surface area contributed by atoms with Gasteiger partial charge < -0.3 is 15.3 Å². The summed E-state index contributed by atoms with van der Waals surface area (Å²) in [4.78, 5) is 24.2. The Kier molecular flexibility index (Phi) is 5.45. The monoisotopic (exact) mass is 246 g/mol. The van der Waals surface area contributed by atoms with Gasteiger partial charge in [0, 0.05) is 18.8 Å². The highest BCUT2D eigenvalue weighted by Gasteiger charge is 2.21. The molecule has 1 heterocycles. The predicted octanol–water partition coefficient (Wildman–Crippen LogP) is 0.998. The second kappa shape index (κ2) is 6.62. The second-order valence-corrected chi connectivity index (χ2v) is 4.93. The van der Waals surface area contributed by atoms with Crippen molar-refractivity contribution in [2.24, 2.45) is 0 Å². The van der Waals surface area contributed by atoms with Gasteiger partial charge in [0.25, 0.3) is 0 Å². The maximum Gasteiger partial charge on any atom is 0.326 e. The minimum Gasteiger partial charge on any atom is -0.480 e. The largest absolute Gasteiger partial charge is 0.480 e. The van der Waals surface area contributed by atoms with E-state index >= 15 is 0 Å². The maximum absolute atomic E-state index is 11.8. The maximum atomic E-state index is 11.8. The lowest BCUT2D eigenvalue weighted by molar-refractivity contribution is -0.139. The summed E-state index contributed by atoms with van der Waals surface area (Å²) >= 11 is 1.83. The van der Waals surface area contributed by atoms with E-state index < -0.39 is 12.0 Å². The van der Waals surface area contributed by atoms with Crippen molar-refractivity contribution in [2.45, 2.75) is 25.8 Å². The minimum absolute atomic E-state index is 0.253. The van der Waals surface area contributed by atoms with E-state index in [4.69, 9.17) is 5.11 Å². The second-order valence-electron chi connectivity index (χ2n) is 3.70. The van der Waals surface area contributed by atoms with Crippen LogP contribution in [0.3, 0.4) is 0 Å². The van der Waals surface area contributed by atoms with E-state index in [1.807, 2.05) is 11.8 Å². The molecule has 1 rings (SSSR count). The van der Waals surface area contributed by atoms with Crippen LogP contribution >= 0.6 is 11.8 Å². The van der Waals surface area contributed by atoms with Crippen molar-refractivity contribution in [1.82, 2.24) is 10.2 Å². The van der Waals surface area contributed by atoms with E-state index in [0.717, 1.165) is 24.5 Å². The molecule has 0 aromatic heterocycles. The van der Waals surface area contributed by atoms with Crippen molar-refractivity contribution < 1.29 is 14.7 Å². The van der Waals surface area contributed by atoms with Gasteiger partial charge in [0.05, 0.1) is 0 Å². The normalized spacial score (nSPS) is 18.7. The Morgan fingerprint density at radius 3 is 2.81 bits per heavy atom. The van der Waals surface area contributed by atoms with Gasteiger partial charge in [0.1, 0.15) is 6.04 Å². The molecular weight excluding hydrogens is 228 g/mol. The molecule has 1 aliphatic heterocycles. The van der Waals surface area contributed by atoms with E-state index in [9.17, 15) is 9.59 Å². The first-order valence-electron chi connectivity index (χ1n) is 5.51. The fourth-order valence-corrected chi connectivity index (χ4v) is 2.41. The number of carboxylic acid groups (broad SMARTS) is 1. The summed E-state index contributed by atoms with van der Waals surface area (Å²) in [6, 6.07) is -1.03. The number of hydrogen-bond donors (Lipinski definition) is 2. The van der Waals surface area contributed by atoms with Crippen molar-refractivity contribution in [1.29, 1.82) is 0 Å². The number of carbonyl (C=O) groups excluding carboxylic acids is 1. The fourth-order valence-electron chi connectivity index (χ4n) is 1.53. The molecule has 0 aromatic carbocycles. The zero-order valence-electron chi connectivity index (χ0n) is 9.44. The predicted molar refractivity (Wildman–Crippen MR) is 63.8 cm³/mol. The van der Waals surface area contributed by atoms with Gasteiger partial charge in [0.15, 0.2) is 0 Å². The molecule has 0 radical (unpaired) electrons. The molecule has 5 nitrogen and oxygen atoms in total. The average molecular weight is 246 g/mol. The van der Waals surface area contributed by atoms with Crippen LogP contribution in [-0.4, -0.2) is 52.6 Å². The lowest BCUT2D eigenvalue weighted by Gasteiger charge is -2.22. The van der Waals surface area contributed by atoms with E-state index in [0.29, 0.717) is 13.0 Å². The summed E-state index contributed by atoms with van der Waals surface area (Å²) in [5.74, 6) is 1.03. The van der Waals surface area contributed by atoms with Crippen LogP contribution in [-0.2, 0) is 4.79 Å². The number of rotatable bonds is 3. The molecular formula is C10H18N2O3S. The number of thioether (sulfide) groups is 1. The first kappa shape index (κ1) is 13.2. The fraction of sp³-hybridized carbons (Fsp3) is 0.800. The Hall–Kier alpha value is -0.910. The van der Waals surface area contributed by atoms with Gasteiger partial charge in [-0.15, -0.1) is 0 Å². The number of urea groups is 1. The molecule has 0 bridgehead atoms. The highest BCUT2D eigenvalue weighted by Crippen LogP contribution is 2.10. The van der Waals surface area contributed by atoms with Crippen molar-refractivity contribution in [2.75, 3.05) is 24.6 Å². The molecule has 0 aliphatic carbocycles. The summed E-state index contributed by atoms with van der Waals surface area (Å²) < 4.78 is 0. The molecule has 16 heavy (non-hydrogen) atoms. The molecule has 0 aromatic rings. The van der Waals surface area contributed by atoms with Gasteiger partial charge in [0.2, 0.25) is 0 Å². The average Bonchev–Trinajstić information content (AvgIpc) is 2.53. The van der Waals surface area contributed by atoms with E-state index in [-0.39, 0.29) is 6.03 Å². The van der Waals surface area contributed by atoms with E-state index in [2.05, 4.69) is 5.32 Å². The van der Waals surface area contributed by atoms with Crippen LogP contribution in [0.4, 0.5) is 4.79 Å². The Labute approximate surface area is 99.6 Å². The van der Waals surface area contributed by atoms with Gasteiger partial charge in [-0.2, -0.15) is 11.8 Å². The quantitative estimate of drug-likeness (QED) is 0.779. The van der Waals surface area contributed by atoms with Crippen molar-refractivity contribution in [3.63, 3.8) is 0 Å². The summed E-state index contributed by atoms with van der Waals surface area (Å²) in [5.41, 5.74) is 0. The van der Waals surface area contributed by atoms with E-state index in [1.165, 1.54) is 0 Å². The Bertz CT molecular complexity index is 252. The van der Waals surface area contributed by atoms with E-state index in [1.54, 1.807) is 11.8 Å². The third-order valence-electron chi connectivity index (χ3n) is 2.51. The zero-order valence-corrected chi connectivity index (χ0v) is 10.3. The van der Waals surface area contributed by atoms with Gasteiger partial charge in [-0.05, 0) is 18.6 Å². The summed E-state index contributed by atoms with van der Waals surface area (Å²) in [6.45, 7) is 3.17. The Balaban J connectivity index is 2.46. The van der Waals surface area contributed by atoms with Crippen LogP contribution in [0.15, 0.2) is 0 Å². The lowest BCUT2D eigenvalue weighted by atomic mass is 10.2. The number of nitrogens with zero attached hydrogens (tertiary/aromatic N) is 1. The summed E-state index contributed by atoms with van der Waals surface area (Å²) in [7, 11) is 0. The van der Waals surface area contributed by atoms with Crippen molar-refractivity contribution in [3.05, 3.63) is 0 Å². The topological polar surface area (TPSA) is 69.6 Å². The molecule has 0 saturated carbocycles. The van der Waals surface area contributed by atoms with Gasteiger partial charge in [-0.3, -0.25) is 0 Å². The molecule has 6 heteroatoms. The van der Waals surface area contributed by atoms with Crippen LogP contribution in [0.5, 0.6) is 0 Å². The third-order valence-corrected chi connectivity index (χ3v) is 3.56. The number of nitrogens with one attached hydrogen (secondary N) is 1. The summed E-state index contributed by atoms with van der Waals surface area (Å²) in [5, 5.41) is 11.4. The highest BCUT2D eigenvalue weighted by molar-refractivity contribution is 7.99. The molecule has 1 saturated heterocycles. The molecule has 0 spiro atoms. The number of hydrogen-bond acceptors (Lipinski definition) is 3. The Morgan fingerprint density at radius 1 is 1.44 bits per heavy atom. The molecule has 2 amide bonds. The first-order chi connectivity index (χ1) is 7.65. The highest BCUT2D eigenvalue weighted by atomic mass is 32.2. The van der Waals surface area contributed by atoms with Crippen LogP contribution in [0.25, 0.3) is 0 Å². The lowest BCUT2D eigenvalue weighted by Crippen LogP contribution is -2.48. The number of carbonyl (C=O) groups is 2. The molecule has 0 unspecified atom stereocenters. The van der Waals surface area contributed by atoms with Crippen molar-refractivity contribution in [3.8, 4) is 0 Å². The number of amides is 2. The van der Waals surface area contributed by atoms with Crippen molar-refractivity contribution >= 4 is 23.8 Å². The number of carboxylic acids is 1. The van der Waals surface area contributed by atoms with Gasteiger partial charge in [-0.25, -0.2) is 9.59 Å². The standard InChI is InChI=1S/C10H18N2O3S/c1-2-8(9(13)14)11-10(15)12-4-3-6-16-7-5-12/h8H,2-7H2,1H3,(H,11,15)(H,13,14)/t8-/m1/s1. The molecule has 1 atom stereocenters. The molecule has 92 valence electrons. The molecule has 2 N–H and O–H groups in total. The zero-order chi connectivity index (χ0) is 12.0. The first-order valence-corrected chi connectivity index (χ1v) is 6.66. The van der Waals surface area contributed by atoms with Gasteiger partial charge in [-0.1, -0.05) is 6.92 Å². The molecule has 1 fully saturated rings.